The maximum Gasteiger partial charge on any atom is 0.225 e. The van der Waals surface area contributed by atoms with E-state index in [0.717, 1.165) is 13.0 Å². The van der Waals surface area contributed by atoms with Crippen LogP contribution in [0.1, 0.15) is 39.5 Å². The molecule has 0 aromatic carbocycles. The van der Waals surface area contributed by atoms with Gasteiger partial charge in [0.05, 0.1) is 5.92 Å². The maximum absolute atomic E-state index is 12.6. The minimum atomic E-state index is 0.0607. The predicted octanol–water partition coefficient (Wildman–Crippen LogP) is 1.45. The van der Waals surface area contributed by atoms with E-state index in [4.69, 9.17) is 5.73 Å². The quantitative estimate of drug-likeness (QED) is 0.775. The Morgan fingerprint density at radius 3 is 2.45 bits per heavy atom. The molecule has 2 aliphatic rings. The van der Waals surface area contributed by atoms with Crippen LogP contribution >= 0.6 is 0 Å². The molecule has 0 spiro atoms. The first-order chi connectivity index (χ1) is 9.38. The summed E-state index contributed by atoms with van der Waals surface area (Å²) in [6.07, 6.45) is 4.61. The van der Waals surface area contributed by atoms with Crippen molar-refractivity contribution in [1.82, 2.24) is 10.2 Å². The second kappa shape index (κ2) is 6.44. The van der Waals surface area contributed by atoms with Gasteiger partial charge in [0, 0.05) is 18.6 Å². The first kappa shape index (κ1) is 15.8. The van der Waals surface area contributed by atoms with Gasteiger partial charge in [0.2, 0.25) is 5.91 Å². The summed E-state index contributed by atoms with van der Waals surface area (Å²) in [5.41, 5.74) is 6.27. The van der Waals surface area contributed by atoms with Crippen molar-refractivity contribution in [3.63, 3.8) is 0 Å². The van der Waals surface area contributed by atoms with Crippen LogP contribution < -0.4 is 11.1 Å². The Bertz CT molecular complexity index is 331. The molecule has 0 aliphatic heterocycles. The summed E-state index contributed by atoms with van der Waals surface area (Å²) in [6.45, 7) is 5.32. The van der Waals surface area contributed by atoms with Crippen molar-refractivity contribution in [3.05, 3.63) is 0 Å². The molecule has 0 aromatic rings. The molecule has 20 heavy (non-hydrogen) atoms. The van der Waals surface area contributed by atoms with Crippen molar-refractivity contribution in [2.24, 2.45) is 29.4 Å². The molecule has 4 heteroatoms. The molecule has 2 rings (SSSR count). The highest BCUT2D eigenvalue weighted by Gasteiger charge is 2.49. The van der Waals surface area contributed by atoms with Gasteiger partial charge in [-0.05, 0) is 57.5 Å². The number of fused-ring (bicyclic) bond motifs is 2. The minimum Gasteiger partial charge on any atom is -0.352 e. The number of likely N-dealkylation sites (N-methyl/N-ethyl adjacent to an activating group) is 1. The Balaban J connectivity index is 1.94. The molecule has 0 aromatic heterocycles. The summed E-state index contributed by atoms with van der Waals surface area (Å²) in [4.78, 5) is 14.8. The number of nitrogens with two attached hydrogens (primary N) is 1. The number of hydrogen-bond acceptors (Lipinski definition) is 3. The van der Waals surface area contributed by atoms with Crippen LogP contribution in [0.25, 0.3) is 0 Å². The number of nitrogens with zero attached hydrogens (tertiary/aromatic N) is 1. The van der Waals surface area contributed by atoms with Crippen molar-refractivity contribution >= 4 is 5.91 Å². The van der Waals surface area contributed by atoms with Crippen LogP contribution in [0.3, 0.4) is 0 Å². The summed E-state index contributed by atoms with van der Waals surface area (Å²) >= 11 is 0. The summed E-state index contributed by atoms with van der Waals surface area (Å²) in [5.74, 6) is 1.99. The predicted molar refractivity (Wildman–Crippen MR) is 82.2 cm³/mol. The molecule has 2 saturated carbocycles. The SMILES string of the molecule is CC(C)CC(CN(C)C)NC(=O)C1C2CCC(C2)C1N. The lowest BCUT2D eigenvalue weighted by atomic mass is 9.84. The zero-order valence-corrected chi connectivity index (χ0v) is 13.4. The molecule has 4 nitrogen and oxygen atoms in total. The molecule has 0 radical (unpaired) electrons. The minimum absolute atomic E-state index is 0.0607. The average molecular weight is 281 g/mol. The van der Waals surface area contributed by atoms with Gasteiger partial charge in [-0.3, -0.25) is 4.79 Å². The third-order valence-corrected chi connectivity index (χ3v) is 4.97. The van der Waals surface area contributed by atoms with E-state index in [0.29, 0.717) is 17.8 Å². The Hall–Kier alpha value is -0.610. The van der Waals surface area contributed by atoms with E-state index in [1.165, 1.54) is 19.3 Å². The van der Waals surface area contributed by atoms with Gasteiger partial charge in [-0.2, -0.15) is 0 Å². The van der Waals surface area contributed by atoms with E-state index >= 15 is 0 Å². The first-order valence-corrected chi connectivity index (χ1v) is 8.09. The van der Waals surface area contributed by atoms with E-state index in [1.54, 1.807) is 0 Å². The molecule has 2 bridgehead atoms. The normalized spacial score (nSPS) is 34.0. The Morgan fingerprint density at radius 2 is 1.95 bits per heavy atom. The van der Waals surface area contributed by atoms with Crippen molar-refractivity contribution in [2.45, 2.75) is 51.6 Å². The second-order valence-electron chi connectivity index (χ2n) is 7.53. The lowest BCUT2D eigenvalue weighted by Gasteiger charge is -2.30. The van der Waals surface area contributed by atoms with Crippen LogP contribution in [0.4, 0.5) is 0 Å². The molecule has 116 valence electrons. The average Bonchev–Trinajstić information content (AvgIpc) is 2.86. The van der Waals surface area contributed by atoms with E-state index in [1.807, 2.05) is 0 Å². The number of rotatable bonds is 6. The van der Waals surface area contributed by atoms with Crippen LogP contribution in [0, 0.1) is 23.7 Å². The standard InChI is InChI=1S/C16H31N3O/c1-10(2)7-13(9-19(3)4)18-16(20)14-11-5-6-12(8-11)15(14)17/h10-15H,5-9,17H2,1-4H3,(H,18,20). The van der Waals surface area contributed by atoms with Crippen LogP contribution in [0.2, 0.25) is 0 Å². The largest absolute Gasteiger partial charge is 0.352 e. The number of carbonyl (C=O) groups excluding carboxylic acids is 1. The molecule has 5 atom stereocenters. The Kier molecular flexibility index (Phi) is 5.08. The second-order valence-corrected chi connectivity index (χ2v) is 7.53. The van der Waals surface area contributed by atoms with Crippen molar-refractivity contribution < 1.29 is 4.79 Å². The Labute approximate surface area is 123 Å². The van der Waals surface area contributed by atoms with Gasteiger partial charge in [0.15, 0.2) is 0 Å². The van der Waals surface area contributed by atoms with Gasteiger partial charge >= 0.3 is 0 Å². The summed E-state index contributed by atoms with van der Waals surface area (Å²) in [6, 6.07) is 0.330. The molecule has 0 saturated heterocycles. The maximum atomic E-state index is 12.6. The summed E-state index contributed by atoms with van der Waals surface area (Å²) in [5, 5.41) is 3.28. The van der Waals surface area contributed by atoms with Crippen LogP contribution in [-0.4, -0.2) is 43.5 Å². The van der Waals surface area contributed by atoms with Gasteiger partial charge in [-0.1, -0.05) is 13.8 Å². The van der Waals surface area contributed by atoms with Gasteiger partial charge in [-0.15, -0.1) is 0 Å². The van der Waals surface area contributed by atoms with Crippen LogP contribution in [0.15, 0.2) is 0 Å². The molecule has 5 unspecified atom stereocenters. The highest BCUT2D eigenvalue weighted by molar-refractivity contribution is 5.80. The molecule has 0 heterocycles. The lowest BCUT2D eigenvalue weighted by Crippen LogP contribution is -2.50. The van der Waals surface area contributed by atoms with Crippen molar-refractivity contribution in [3.8, 4) is 0 Å². The van der Waals surface area contributed by atoms with E-state index in [9.17, 15) is 4.79 Å². The Morgan fingerprint density at radius 1 is 1.30 bits per heavy atom. The van der Waals surface area contributed by atoms with Gasteiger partial charge in [0.1, 0.15) is 0 Å². The number of nitrogens with one attached hydrogen (secondary N) is 1. The highest BCUT2D eigenvalue weighted by atomic mass is 16.2. The lowest BCUT2D eigenvalue weighted by molar-refractivity contribution is -0.128. The summed E-state index contributed by atoms with van der Waals surface area (Å²) < 4.78 is 0. The third kappa shape index (κ3) is 3.53. The van der Waals surface area contributed by atoms with Gasteiger partial charge in [-0.25, -0.2) is 0 Å². The molecular weight excluding hydrogens is 250 g/mol. The fourth-order valence-corrected chi connectivity index (χ4v) is 4.21. The fourth-order valence-electron chi connectivity index (χ4n) is 4.21. The summed E-state index contributed by atoms with van der Waals surface area (Å²) in [7, 11) is 4.12. The zero-order chi connectivity index (χ0) is 14.9. The molecule has 2 aliphatic carbocycles. The van der Waals surface area contributed by atoms with Gasteiger partial charge in [0.25, 0.3) is 0 Å². The highest BCUT2D eigenvalue weighted by Crippen LogP contribution is 2.47. The number of hydrogen-bond donors (Lipinski definition) is 2. The van der Waals surface area contributed by atoms with Gasteiger partial charge < -0.3 is 16.0 Å². The zero-order valence-electron chi connectivity index (χ0n) is 13.4. The third-order valence-electron chi connectivity index (χ3n) is 4.97. The molecule has 2 fully saturated rings. The smallest absolute Gasteiger partial charge is 0.225 e. The van der Waals surface area contributed by atoms with Crippen LogP contribution in [0.5, 0.6) is 0 Å². The van der Waals surface area contributed by atoms with Crippen LogP contribution in [-0.2, 0) is 4.79 Å². The van der Waals surface area contributed by atoms with Crippen molar-refractivity contribution in [2.75, 3.05) is 20.6 Å². The first-order valence-electron chi connectivity index (χ1n) is 8.09. The van der Waals surface area contributed by atoms with E-state index in [2.05, 4.69) is 38.2 Å². The molecule has 1 amide bonds. The number of amides is 1. The molecular formula is C16H31N3O. The van der Waals surface area contributed by atoms with Crippen molar-refractivity contribution in [1.29, 1.82) is 0 Å². The fraction of sp³-hybridized carbons (Fsp3) is 0.938. The monoisotopic (exact) mass is 281 g/mol. The number of carbonyl (C=O) groups is 1. The molecule has 3 N–H and O–H groups in total. The van der Waals surface area contributed by atoms with E-state index in [-0.39, 0.29) is 23.9 Å². The topological polar surface area (TPSA) is 58.4 Å². The van der Waals surface area contributed by atoms with E-state index < -0.39 is 0 Å².